The van der Waals surface area contributed by atoms with Gasteiger partial charge in [-0.15, -0.1) is 0 Å². The molecule has 0 aliphatic carbocycles. The van der Waals surface area contributed by atoms with Crippen molar-refractivity contribution in [2.75, 3.05) is 18.8 Å². The molecule has 1 unspecified atom stereocenters. The molecule has 7 nitrogen and oxygen atoms in total. The zero-order valence-corrected chi connectivity index (χ0v) is 17.8. The van der Waals surface area contributed by atoms with Crippen LogP contribution < -0.4 is 5.73 Å². The quantitative estimate of drug-likeness (QED) is 0.626. The van der Waals surface area contributed by atoms with Crippen molar-refractivity contribution in [1.82, 2.24) is 19.9 Å². The van der Waals surface area contributed by atoms with Crippen molar-refractivity contribution in [3.8, 4) is 22.4 Å². The highest BCUT2D eigenvalue weighted by Gasteiger charge is 2.33. The van der Waals surface area contributed by atoms with E-state index in [2.05, 4.69) is 15.0 Å². The maximum Gasteiger partial charge on any atom is 0.252 e. The van der Waals surface area contributed by atoms with E-state index in [0.29, 0.717) is 53.3 Å². The number of carbonyl (C=O) groups excluding carboxylic acids is 1. The summed E-state index contributed by atoms with van der Waals surface area (Å²) in [6, 6.07) is 8.31. The van der Waals surface area contributed by atoms with Gasteiger partial charge in [0, 0.05) is 55.8 Å². The molecule has 1 fully saturated rings. The molecule has 160 valence electrons. The smallest absolute Gasteiger partial charge is 0.252 e. The Morgan fingerprint density at radius 3 is 2.58 bits per heavy atom. The molecule has 3 heterocycles. The number of aromatic nitrogens is 3. The lowest BCUT2D eigenvalue weighted by Crippen LogP contribution is -2.41. The zero-order chi connectivity index (χ0) is 22.0. The summed E-state index contributed by atoms with van der Waals surface area (Å²) in [5.74, 6) is -0.173. The summed E-state index contributed by atoms with van der Waals surface area (Å²) in [6.07, 6.45) is 5.68. The first-order chi connectivity index (χ1) is 14.9. The molecule has 1 saturated heterocycles. The van der Waals surface area contributed by atoms with E-state index in [1.807, 2.05) is 0 Å². The molecule has 0 radical (unpaired) electrons. The molecule has 4 rings (SSSR count). The van der Waals surface area contributed by atoms with Crippen LogP contribution in [0.3, 0.4) is 0 Å². The molecule has 1 amide bonds. The van der Waals surface area contributed by atoms with Gasteiger partial charge in [0.1, 0.15) is 16.9 Å². The van der Waals surface area contributed by atoms with E-state index in [1.165, 1.54) is 18.5 Å². The first kappa shape index (κ1) is 21.2. The van der Waals surface area contributed by atoms with Gasteiger partial charge < -0.3 is 15.2 Å². The van der Waals surface area contributed by atoms with E-state index in [0.717, 1.165) is 0 Å². The van der Waals surface area contributed by atoms with Crippen LogP contribution >= 0.6 is 0 Å². The molecular formula is C22H22FN5O2S. The van der Waals surface area contributed by atoms with Crippen molar-refractivity contribution in [3.63, 3.8) is 0 Å². The van der Waals surface area contributed by atoms with Crippen LogP contribution in [0.1, 0.15) is 19.8 Å². The fourth-order valence-electron chi connectivity index (χ4n) is 3.68. The molecule has 3 aromatic rings. The van der Waals surface area contributed by atoms with Crippen LogP contribution in [-0.4, -0.2) is 48.7 Å². The summed E-state index contributed by atoms with van der Waals surface area (Å²) in [6.45, 7) is 2.71. The van der Waals surface area contributed by atoms with Crippen LogP contribution in [0.4, 0.5) is 10.2 Å². The normalized spacial score (nSPS) is 15.6. The van der Waals surface area contributed by atoms with E-state index in [4.69, 9.17) is 5.73 Å². The molecule has 2 N–H and O–H groups in total. The minimum atomic E-state index is -1.37. The Morgan fingerprint density at radius 2 is 1.94 bits per heavy atom. The van der Waals surface area contributed by atoms with Gasteiger partial charge in [0.2, 0.25) is 5.91 Å². The van der Waals surface area contributed by atoms with Gasteiger partial charge in [-0.3, -0.25) is 9.78 Å². The Kier molecular flexibility index (Phi) is 6.15. The molecule has 9 heteroatoms. The standard InChI is InChI=1S/C22H22FN5O2S/c1-14(29)28-9-6-16(7-10-28)31(30)22-17(3-2-8-25-22)15-4-5-18(19(23)11-15)20-12-27-21(24)13-26-20/h2-5,8,11-13,16H,6-7,9-10H2,1H3,(H2,24,27). The Balaban J connectivity index is 1.60. The highest BCUT2D eigenvalue weighted by atomic mass is 32.2. The Bertz CT molecular complexity index is 1090. The number of piperidine rings is 1. The van der Waals surface area contributed by atoms with Gasteiger partial charge in [-0.1, -0.05) is 6.07 Å². The van der Waals surface area contributed by atoms with E-state index >= 15 is 0 Å². The Morgan fingerprint density at radius 1 is 1.16 bits per heavy atom. The van der Waals surface area contributed by atoms with Crippen molar-refractivity contribution in [3.05, 3.63) is 54.7 Å². The maximum atomic E-state index is 14.9. The fraction of sp³-hybridized carbons (Fsp3) is 0.273. The van der Waals surface area contributed by atoms with Gasteiger partial charge in [-0.05, 0) is 29.8 Å². The third kappa shape index (κ3) is 4.52. The summed E-state index contributed by atoms with van der Waals surface area (Å²) in [5.41, 5.74) is 7.45. The number of anilines is 1. The highest BCUT2D eigenvalue weighted by Crippen LogP contribution is 2.33. The predicted octanol–water partition coefficient (Wildman–Crippen LogP) is 3.05. The molecule has 0 bridgehead atoms. The number of halogens is 1. The average molecular weight is 440 g/mol. The number of hydrogen-bond acceptors (Lipinski definition) is 6. The maximum absolute atomic E-state index is 14.9. The van der Waals surface area contributed by atoms with E-state index < -0.39 is 17.0 Å². The van der Waals surface area contributed by atoms with Crippen LogP contribution in [-0.2, 0) is 16.0 Å². The molecule has 31 heavy (non-hydrogen) atoms. The van der Waals surface area contributed by atoms with Crippen molar-refractivity contribution >= 4 is 22.9 Å². The number of hydrogen-bond donors (Lipinski definition) is 1. The summed E-state index contributed by atoms with van der Waals surface area (Å²) >= 11 is -1.37. The van der Waals surface area contributed by atoms with E-state index in [-0.39, 0.29) is 17.0 Å². The number of nitrogen functional groups attached to an aromatic ring is 1. The highest BCUT2D eigenvalue weighted by molar-refractivity contribution is 7.92. The number of carbonyl (C=O) groups is 1. The second kappa shape index (κ2) is 8.99. The van der Waals surface area contributed by atoms with Crippen molar-refractivity contribution in [2.24, 2.45) is 0 Å². The Labute approximate surface area is 182 Å². The minimum absolute atomic E-state index is 0.0316. The molecule has 1 aliphatic rings. The minimum Gasteiger partial charge on any atom is -0.610 e. The molecule has 0 spiro atoms. The second-order valence-electron chi connectivity index (χ2n) is 7.38. The second-order valence-corrected chi connectivity index (χ2v) is 9.03. The number of benzene rings is 1. The van der Waals surface area contributed by atoms with Crippen LogP contribution in [0.5, 0.6) is 0 Å². The van der Waals surface area contributed by atoms with Crippen LogP contribution in [0.15, 0.2) is 53.9 Å². The summed E-state index contributed by atoms with van der Waals surface area (Å²) in [7, 11) is 0. The average Bonchev–Trinajstić information content (AvgIpc) is 2.79. The van der Waals surface area contributed by atoms with Crippen molar-refractivity contribution < 1.29 is 13.7 Å². The number of nitrogens with zero attached hydrogens (tertiary/aromatic N) is 4. The zero-order valence-electron chi connectivity index (χ0n) is 17.0. The van der Waals surface area contributed by atoms with Gasteiger partial charge in [0.15, 0.2) is 0 Å². The van der Waals surface area contributed by atoms with Gasteiger partial charge in [-0.25, -0.2) is 14.4 Å². The molecule has 0 saturated carbocycles. The number of nitrogens with two attached hydrogens (primary N) is 1. The molecule has 2 aromatic heterocycles. The number of pyridine rings is 1. The lowest BCUT2D eigenvalue weighted by molar-refractivity contribution is -0.129. The van der Waals surface area contributed by atoms with E-state index in [1.54, 1.807) is 42.3 Å². The van der Waals surface area contributed by atoms with E-state index in [9.17, 15) is 13.7 Å². The van der Waals surface area contributed by atoms with Crippen LogP contribution in [0.2, 0.25) is 0 Å². The monoisotopic (exact) mass is 439 g/mol. The van der Waals surface area contributed by atoms with Gasteiger partial charge >= 0.3 is 0 Å². The first-order valence-electron chi connectivity index (χ1n) is 9.93. The number of amides is 1. The van der Waals surface area contributed by atoms with Crippen molar-refractivity contribution in [2.45, 2.75) is 30.0 Å². The lowest BCUT2D eigenvalue weighted by Gasteiger charge is -2.31. The fourth-order valence-corrected chi connectivity index (χ4v) is 5.20. The summed E-state index contributed by atoms with van der Waals surface area (Å²) in [4.78, 5) is 25.8. The van der Waals surface area contributed by atoms with Gasteiger partial charge in [0.25, 0.3) is 5.03 Å². The number of rotatable bonds is 4. The van der Waals surface area contributed by atoms with Crippen LogP contribution in [0.25, 0.3) is 22.4 Å². The van der Waals surface area contributed by atoms with Gasteiger partial charge in [-0.2, -0.15) is 0 Å². The number of likely N-dealkylation sites (tertiary alicyclic amines) is 1. The first-order valence-corrected chi connectivity index (χ1v) is 11.1. The van der Waals surface area contributed by atoms with Gasteiger partial charge in [0.05, 0.1) is 23.7 Å². The van der Waals surface area contributed by atoms with Crippen LogP contribution in [0, 0.1) is 5.82 Å². The van der Waals surface area contributed by atoms with Crippen molar-refractivity contribution in [1.29, 1.82) is 0 Å². The third-order valence-electron chi connectivity index (χ3n) is 5.38. The third-order valence-corrected chi connectivity index (χ3v) is 7.16. The molecular weight excluding hydrogens is 417 g/mol. The molecule has 1 atom stereocenters. The Hall–Kier alpha value is -3.04. The topological polar surface area (TPSA) is 108 Å². The summed E-state index contributed by atoms with van der Waals surface area (Å²) in [5, 5.41) is 0.335. The predicted molar refractivity (Wildman–Crippen MR) is 117 cm³/mol. The SMILES string of the molecule is CC(=O)N1CCC([S+]([O-])c2ncccc2-c2ccc(-c3cnc(N)cn3)c(F)c2)CC1. The molecule has 1 aromatic carbocycles. The summed E-state index contributed by atoms with van der Waals surface area (Å²) < 4.78 is 28.2. The largest absolute Gasteiger partial charge is 0.610 e. The molecule has 1 aliphatic heterocycles. The lowest BCUT2D eigenvalue weighted by atomic mass is 10.0.